The summed E-state index contributed by atoms with van der Waals surface area (Å²) in [6.07, 6.45) is 2.04. The zero-order valence-electron chi connectivity index (χ0n) is 21.6. The number of aryl methyl sites for hydroxylation is 2. The number of carbonyl (C=O) groups excluding carboxylic acids is 1. The number of carbonyl (C=O) groups is 1. The highest BCUT2D eigenvalue weighted by Crippen LogP contribution is 2.47. The van der Waals surface area contributed by atoms with E-state index >= 15 is 0 Å². The van der Waals surface area contributed by atoms with E-state index in [4.69, 9.17) is 5.73 Å². The fraction of sp³-hybridized carbons (Fsp3) is 0.250. The molecule has 1 atom stereocenters. The van der Waals surface area contributed by atoms with E-state index in [0.29, 0.717) is 17.8 Å². The Balaban J connectivity index is 1.58. The molecule has 0 saturated carbocycles. The summed E-state index contributed by atoms with van der Waals surface area (Å²) in [6.45, 7) is 4.22. The van der Waals surface area contributed by atoms with E-state index in [1.54, 1.807) is 0 Å². The number of Topliss-reactive ketones (excluding diaryl/α,β-unsaturated/α-hetero) is 1. The van der Waals surface area contributed by atoms with E-state index in [2.05, 4.69) is 78.9 Å². The Kier molecular flexibility index (Phi) is 7.96. The lowest BCUT2D eigenvalue weighted by Gasteiger charge is -2.40. The van der Waals surface area contributed by atoms with Crippen molar-refractivity contribution in [1.29, 1.82) is 5.26 Å². The molecule has 38 heavy (non-hydrogen) atoms. The second-order valence-electron chi connectivity index (χ2n) is 9.91. The molecular weight excluding hydrogens is 601 g/mol. The molecule has 6 heteroatoms. The van der Waals surface area contributed by atoms with E-state index in [1.165, 1.54) is 16.7 Å². The SMILES string of the molecule is Cc1cc(C)c(C2C(C#N)=C(N)N(c3ccc(I)cc3)C3=C2C(=O)CCC3)cc1CSCc1ccccc1. The Morgan fingerprint density at radius 3 is 2.47 bits per heavy atom. The molecule has 0 fully saturated rings. The van der Waals surface area contributed by atoms with Crippen molar-refractivity contribution in [2.75, 3.05) is 4.90 Å². The first kappa shape index (κ1) is 26.6. The van der Waals surface area contributed by atoms with Crippen molar-refractivity contribution < 1.29 is 4.79 Å². The van der Waals surface area contributed by atoms with Crippen LogP contribution in [0, 0.1) is 28.7 Å². The summed E-state index contributed by atoms with van der Waals surface area (Å²) in [7, 11) is 0. The summed E-state index contributed by atoms with van der Waals surface area (Å²) in [4.78, 5) is 15.5. The van der Waals surface area contributed by atoms with Crippen LogP contribution in [0.5, 0.6) is 0 Å². The molecule has 1 aliphatic carbocycles. The van der Waals surface area contributed by atoms with Crippen LogP contribution in [0.1, 0.15) is 53.0 Å². The molecule has 0 radical (unpaired) electrons. The molecule has 1 heterocycles. The Labute approximate surface area is 242 Å². The number of nitriles is 1. The van der Waals surface area contributed by atoms with Crippen LogP contribution in [-0.4, -0.2) is 5.78 Å². The molecule has 0 aromatic heterocycles. The molecule has 3 aromatic carbocycles. The van der Waals surface area contributed by atoms with Crippen LogP contribution in [0.3, 0.4) is 0 Å². The Morgan fingerprint density at radius 2 is 1.76 bits per heavy atom. The molecule has 2 N–H and O–H groups in total. The van der Waals surface area contributed by atoms with Gasteiger partial charge in [-0.05, 0) is 101 Å². The van der Waals surface area contributed by atoms with Gasteiger partial charge >= 0.3 is 0 Å². The van der Waals surface area contributed by atoms with Crippen molar-refractivity contribution in [2.24, 2.45) is 5.73 Å². The normalized spacial score (nSPS) is 17.5. The van der Waals surface area contributed by atoms with E-state index in [-0.39, 0.29) is 5.78 Å². The minimum atomic E-state index is -0.443. The number of allylic oxidation sites excluding steroid dienone is 3. The van der Waals surface area contributed by atoms with Gasteiger partial charge in [-0.2, -0.15) is 17.0 Å². The van der Waals surface area contributed by atoms with E-state index < -0.39 is 5.92 Å². The Bertz CT molecular complexity index is 1490. The molecule has 192 valence electrons. The topological polar surface area (TPSA) is 70.1 Å². The van der Waals surface area contributed by atoms with Crippen LogP contribution in [0.25, 0.3) is 0 Å². The minimum Gasteiger partial charge on any atom is -0.384 e. The van der Waals surface area contributed by atoms with Gasteiger partial charge in [0.05, 0.1) is 17.6 Å². The summed E-state index contributed by atoms with van der Waals surface area (Å²) in [5.41, 5.74) is 15.6. The molecule has 3 aromatic rings. The smallest absolute Gasteiger partial charge is 0.161 e. The van der Waals surface area contributed by atoms with Crippen LogP contribution < -0.4 is 10.6 Å². The number of anilines is 1. The predicted molar refractivity (Wildman–Crippen MR) is 164 cm³/mol. The number of nitrogens with two attached hydrogens (primary N) is 1. The van der Waals surface area contributed by atoms with Gasteiger partial charge in [-0.1, -0.05) is 42.5 Å². The Hall–Kier alpha value is -3.02. The molecule has 4 nitrogen and oxygen atoms in total. The Morgan fingerprint density at radius 1 is 1.03 bits per heavy atom. The first-order valence-corrected chi connectivity index (χ1v) is 15.1. The zero-order valence-corrected chi connectivity index (χ0v) is 24.6. The lowest BCUT2D eigenvalue weighted by molar-refractivity contribution is -0.116. The highest BCUT2D eigenvalue weighted by Gasteiger charge is 2.40. The molecule has 1 aliphatic heterocycles. The number of hydrogen-bond donors (Lipinski definition) is 1. The van der Waals surface area contributed by atoms with Gasteiger partial charge in [0.1, 0.15) is 5.82 Å². The number of ketones is 1. The van der Waals surface area contributed by atoms with E-state index in [1.807, 2.05) is 47.0 Å². The second-order valence-corrected chi connectivity index (χ2v) is 12.1. The molecule has 1 unspecified atom stereocenters. The maximum absolute atomic E-state index is 13.5. The molecule has 0 spiro atoms. The van der Waals surface area contributed by atoms with E-state index in [9.17, 15) is 10.1 Å². The third kappa shape index (κ3) is 5.14. The molecular formula is C32H30IN3OS. The van der Waals surface area contributed by atoms with Crippen LogP contribution in [-0.2, 0) is 16.3 Å². The lowest BCUT2D eigenvalue weighted by atomic mass is 9.74. The summed E-state index contributed by atoms with van der Waals surface area (Å²) >= 11 is 4.15. The summed E-state index contributed by atoms with van der Waals surface area (Å²) in [5.74, 6) is 1.89. The molecule has 0 amide bonds. The first-order chi connectivity index (χ1) is 18.4. The van der Waals surface area contributed by atoms with E-state index in [0.717, 1.165) is 56.0 Å². The number of halogens is 1. The quantitative estimate of drug-likeness (QED) is 0.283. The van der Waals surface area contributed by atoms with Crippen molar-refractivity contribution in [2.45, 2.75) is 50.5 Å². The minimum absolute atomic E-state index is 0.118. The fourth-order valence-electron chi connectivity index (χ4n) is 5.52. The number of hydrogen-bond acceptors (Lipinski definition) is 5. The van der Waals surface area contributed by atoms with Gasteiger partial charge in [-0.3, -0.25) is 9.69 Å². The summed E-state index contributed by atoms with van der Waals surface area (Å²) < 4.78 is 1.12. The fourth-order valence-corrected chi connectivity index (χ4v) is 6.94. The van der Waals surface area contributed by atoms with Crippen molar-refractivity contribution in [3.8, 4) is 6.07 Å². The third-order valence-electron chi connectivity index (χ3n) is 7.40. The van der Waals surface area contributed by atoms with Crippen molar-refractivity contribution in [3.63, 3.8) is 0 Å². The standard InChI is InChI=1S/C32H30IN3OS/c1-20-15-21(2)26(16-23(20)19-38-18-22-7-4-3-5-8-22)30-27(17-34)32(35)36(25-13-11-24(33)12-14-25)28-9-6-10-29(37)31(28)30/h3-5,7-8,11-16,30H,6,9-10,18-19,35H2,1-2H3. The highest BCUT2D eigenvalue weighted by atomic mass is 127. The number of rotatable bonds is 6. The molecule has 5 rings (SSSR count). The third-order valence-corrected chi connectivity index (χ3v) is 9.17. The van der Waals surface area contributed by atoms with Gasteiger partial charge in [-0.25, -0.2) is 0 Å². The number of benzene rings is 3. The van der Waals surface area contributed by atoms with Gasteiger partial charge in [0.25, 0.3) is 0 Å². The molecule has 2 aliphatic rings. The van der Waals surface area contributed by atoms with Crippen LogP contribution in [0.15, 0.2) is 89.4 Å². The highest BCUT2D eigenvalue weighted by molar-refractivity contribution is 14.1. The van der Waals surface area contributed by atoms with Crippen LogP contribution >= 0.6 is 34.4 Å². The van der Waals surface area contributed by atoms with Crippen molar-refractivity contribution in [1.82, 2.24) is 0 Å². The van der Waals surface area contributed by atoms with Crippen LogP contribution in [0.4, 0.5) is 5.69 Å². The average Bonchev–Trinajstić information content (AvgIpc) is 2.91. The number of thioether (sulfide) groups is 1. The van der Waals surface area contributed by atoms with Crippen molar-refractivity contribution in [3.05, 3.63) is 121 Å². The van der Waals surface area contributed by atoms with Gasteiger partial charge in [0.15, 0.2) is 5.78 Å². The zero-order chi connectivity index (χ0) is 26.8. The maximum atomic E-state index is 13.5. The number of nitrogens with zero attached hydrogens (tertiary/aromatic N) is 2. The lowest BCUT2D eigenvalue weighted by Crippen LogP contribution is -2.38. The molecule has 0 bridgehead atoms. The predicted octanol–water partition coefficient (Wildman–Crippen LogP) is 7.65. The summed E-state index contributed by atoms with van der Waals surface area (Å²) in [5, 5.41) is 10.4. The van der Waals surface area contributed by atoms with Crippen LogP contribution in [0.2, 0.25) is 0 Å². The first-order valence-electron chi connectivity index (χ1n) is 12.8. The van der Waals surface area contributed by atoms with Crippen molar-refractivity contribution >= 4 is 45.8 Å². The second kappa shape index (κ2) is 11.4. The van der Waals surface area contributed by atoms with Gasteiger partial charge < -0.3 is 5.73 Å². The molecule has 0 saturated heterocycles. The van der Waals surface area contributed by atoms with Gasteiger partial charge in [0.2, 0.25) is 0 Å². The maximum Gasteiger partial charge on any atom is 0.161 e. The monoisotopic (exact) mass is 631 g/mol. The largest absolute Gasteiger partial charge is 0.384 e. The van der Waals surface area contributed by atoms with Gasteiger partial charge in [-0.15, -0.1) is 0 Å². The average molecular weight is 632 g/mol. The summed E-state index contributed by atoms with van der Waals surface area (Å²) in [6, 6.07) is 25.4. The van der Waals surface area contributed by atoms with Gasteiger partial charge in [0, 0.05) is 38.5 Å².